The normalized spacial score (nSPS) is 10.2. The second-order valence-electron chi connectivity index (χ2n) is 2.67. The van der Waals surface area contributed by atoms with Gasteiger partial charge in [0.25, 0.3) is 0 Å². The summed E-state index contributed by atoms with van der Waals surface area (Å²) < 4.78 is 2.02. The van der Waals surface area contributed by atoms with E-state index in [-0.39, 0.29) is 0 Å². The van der Waals surface area contributed by atoms with Crippen molar-refractivity contribution in [2.75, 3.05) is 5.73 Å². The van der Waals surface area contributed by atoms with Gasteiger partial charge in [-0.3, -0.25) is 3.97 Å². The summed E-state index contributed by atoms with van der Waals surface area (Å²) in [6, 6.07) is 11.8. The molecule has 2 nitrogen and oxygen atoms in total. The molecular weight excluding hydrogens is 180 g/mol. The number of aromatic nitrogens is 1. The van der Waals surface area contributed by atoms with Crippen molar-refractivity contribution in [3.63, 3.8) is 0 Å². The number of nitrogen functional groups attached to an aromatic ring is 1. The largest absolute Gasteiger partial charge is 0.398 e. The average Bonchev–Trinajstić information content (AvgIpc) is 2.61. The van der Waals surface area contributed by atoms with E-state index in [9.17, 15) is 0 Å². The molecule has 0 aliphatic heterocycles. The van der Waals surface area contributed by atoms with Crippen LogP contribution in [0.2, 0.25) is 0 Å². The van der Waals surface area contributed by atoms with E-state index >= 15 is 0 Å². The molecule has 0 unspecified atom stereocenters. The van der Waals surface area contributed by atoms with Crippen molar-refractivity contribution >= 4 is 17.6 Å². The van der Waals surface area contributed by atoms with Crippen LogP contribution in [0.25, 0.3) is 0 Å². The zero-order valence-electron chi connectivity index (χ0n) is 7.05. The fraction of sp³-hybridized carbons (Fsp3) is 0. The molecule has 0 radical (unpaired) electrons. The second-order valence-corrected chi connectivity index (χ2v) is 3.72. The van der Waals surface area contributed by atoms with Crippen LogP contribution in [0.3, 0.4) is 0 Å². The first kappa shape index (κ1) is 8.26. The van der Waals surface area contributed by atoms with Crippen LogP contribution in [0.1, 0.15) is 0 Å². The maximum Gasteiger partial charge on any atom is 0.0519 e. The van der Waals surface area contributed by atoms with Gasteiger partial charge in [0, 0.05) is 18.1 Å². The van der Waals surface area contributed by atoms with Crippen molar-refractivity contribution in [2.24, 2.45) is 0 Å². The highest BCUT2D eigenvalue weighted by Gasteiger charge is 1.98. The number of nitrogens with zero attached hydrogens (tertiary/aromatic N) is 1. The number of para-hydroxylation sites is 1. The lowest BCUT2D eigenvalue weighted by Gasteiger charge is -2.04. The van der Waals surface area contributed by atoms with Crippen LogP contribution in [0.5, 0.6) is 0 Å². The Morgan fingerprint density at radius 3 is 2.38 bits per heavy atom. The summed E-state index contributed by atoms with van der Waals surface area (Å²) in [7, 11) is 0. The van der Waals surface area contributed by atoms with Crippen LogP contribution in [-0.2, 0) is 0 Å². The SMILES string of the molecule is Nc1ccccc1Sn1cccc1. The summed E-state index contributed by atoms with van der Waals surface area (Å²) in [5.74, 6) is 0. The fourth-order valence-corrected chi connectivity index (χ4v) is 1.86. The van der Waals surface area contributed by atoms with Crippen molar-refractivity contribution in [1.82, 2.24) is 3.97 Å². The standard InChI is InChI=1S/C10H10N2S/c11-9-5-1-2-6-10(9)13-12-7-3-4-8-12/h1-8H,11H2. The molecule has 1 heterocycles. The molecule has 2 N–H and O–H groups in total. The van der Waals surface area contributed by atoms with E-state index in [4.69, 9.17) is 5.73 Å². The molecule has 3 heteroatoms. The number of benzene rings is 1. The molecule has 0 spiro atoms. The highest BCUT2D eigenvalue weighted by molar-refractivity contribution is 7.98. The van der Waals surface area contributed by atoms with Crippen LogP contribution in [0.4, 0.5) is 5.69 Å². The van der Waals surface area contributed by atoms with Gasteiger partial charge in [-0.15, -0.1) is 0 Å². The lowest BCUT2D eigenvalue weighted by atomic mass is 10.3. The molecular formula is C10H10N2S. The Labute approximate surface area is 81.5 Å². The first-order valence-corrected chi connectivity index (χ1v) is 4.79. The van der Waals surface area contributed by atoms with Gasteiger partial charge in [0.2, 0.25) is 0 Å². The van der Waals surface area contributed by atoms with Crippen LogP contribution < -0.4 is 5.73 Å². The Morgan fingerprint density at radius 2 is 1.69 bits per heavy atom. The van der Waals surface area contributed by atoms with Crippen LogP contribution in [-0.4, -0.2) is 3.97 Å². The Kier molecular flexibility index (Phi) is 2.27. The zero-order valence-corrected chi connectivity index (χ0v) is 7.87. The molecule has 13 heavy (non-hydrogen) atoms. The summed E-state index contributed by atoms with van der Waals surface area (Å²) in [6.45, 7) is 0. The van der Waals surface area contributed by atoms with Gasteiger partial charge in [-0.05, 0) is 36.2 Å². The molecule has 0 saturated carbocycles. The van der Waals surface area contributed by atoms with Gasteiger partial charge in [-0.25, -0.2) is 0 Å². The lowest BCUT2D eigenvalue weighted by Crippen LogP contribution is -1.89. The Hall–Kier alpha value is -1.35. The number of hydrogen-bond acceptors (Lipinski definition) is 2. The molecule has 2 rings (SSSR count). The number of rotatable bonds is 2. The maximum absolute atomic E-state index is 5.80. The number of anilines is 1. The fourth-order valence-electron chi connectivity index (χ4n) is 1.06. The summed E-state index contributed by atoms with van der Waals surface area (Å²) in [4.78, 5) is 1.08. The second kappa shape index (κ2) is 3.58. The van der Waals surface area contributed by atoms with Gasteiger partial charge in [0.1, 0.15) is 0 Å². The van der Waals surface area contributed by atoms with Gasteiger partial charge in [0.05, 0.1) is 4.90 Å². The highest BCUT2D eigenvalue weighted by atomic mass is 32.2. The monoisotopic (exact) mass is 190 g/mol. The maximum atomic E-state index is 5.80. The van der Waals surface area contributed by atoms with E-state index in [1.807, 2.05) is 52.8 Å². The molecule has 0 saturated heterocycles. The minimum absolute atomic E-state index is 0.821. The molecule has 0 fully saturated rings. The van der Waals surface area contributed by atoms with E-state index in [1.165, 1.54) is 0 Å². The Morgan fingerprint density at radius 1 is 1.00 bits per heavy atom. The summed E-state index contributed by atoms with van der Waals surface area (Å²) in [6.07, 6.45) is 3.99. The molecule has 1 aromatic heterocycles. The third-order valence-electron chi connectivity index (χ3n) is 1.70. The molecule has 0 aliphatic carbocycles. The quantitative estimate of drug-likeness (QED) is 0.738. The van der Waals surface area contributed by atoms with Crippen molar-refractivity contribution in [3.05, 3.63) is 48.8 Å². The van der Waals surface area contributed by atoms with E-state index in [2.05, 4.69) is 0 Å². The topological polar surface area (TPSA) is 30.9 Å². The van der Waals surface area contributed by atoms with Gasteiger partial charge < -0.3 is 5.73 Å². The Bertz CT molecular complexity index is 382. The minimum atomic E-state index is 0.821. The summed E-state index contributed by atoms with van der Waals surface area (Å²) >= 11 is 1.61. The zero-order chi connectivity index (χ0) is 9.10. The van der Waals surface area contributed by atoms with Crippen LogP contribution in [0.15, 0.2) is 53.7 Å². The number of nitrogens with two attached hydrogens (primary N) is 1. The van der Waals surface area contributed by atoms with Gasteiger partial charge in [-0.2, -0.15) is 0 Å². The van der Waals surface area contributed by atoms with E-state index in [0.29, 0.717) is 0 Å². The van der Waals surface area contributed by atoms with E-state index in [0.717, 1.165) is 10.6 Å². The predicted molar refractivity (Wildman–Crippen MR) is 56.5 cm³/mol. The van der Waals surface area contributed by atoms with Gasteiger partial charge in [0.15, 0.2) is 0 Å². The van der Waals surface area contributed by atoms with E-state index in [1.54, 1.807) is 11.9 Å². The lowest BCUT2D eigenvalue weighted by molar-refractivity contribution is 1.27. The third-order valence-corrected chi connectivity index (χ3v) is 2.72. The summed E-state index contributed by atoms with van der Waals surface area (Å²) in [5.41, 5.74) is 6.62. The van der Waals surface area contributed by atoms with Crippen molar-refractivity contribution in [1.29, 1.82) is 0 Å². The van der Waals surface area contributed by atoms with Crippen molar-refractivity contribution < 1.29 is 0 Å². The first-order valence-electron chi connectivity index (χ1n) is 4.02. The smallest absolute Gasteiger partial charge is 0.0519 e. The molecule has 0 aliphatic rings. The molecule has 0 bridgehead atoms. The highest BCUT2D eigenvalue weighted by Crippen LogP contribution is 2.25. The van der Waals surface area contributed by atoms with Crippen LogP contribution >= 0.6 is 11.9 Å². The average molecular weight is 190 g/mol. The molecule has 66 valence electrons. The molecule has 2 aromatic rings. The Balaban J connectivity index is 2.24. The molecule has 0 amide bonds. The van der Waals surface area contributed by atoms with Crippen LogP contribution in [0, 0.1) is 0 Å². The predicted octanol–water partition coefficient (Wildman–Crippen LogP) is 2.63. The third kappa shape index (κ3) is 1.87. The number of hydrogen-bond donors (Lipinski definition) is 1. The molecule has 0 atom stereocenters. The van der Waals surface area contributed by atoms with Gasteiger partial charge >= 0.3 is 0 Å². The minimum Gasteiger partial charge on any atom is -0.398 e. The van der Waals surface area contributed by atoms with Crippen molar-refractivity contribution in [2.45, 2.75) is 4.90 Å². The summed E-state index contributed by atoms with van der Waals surface area (Å²) in [5, 5.41) is 0. The van der Waals surface area contributed by atoms with Crippen molar-refractivity contribution in [3.8, 4) is 0 Å². The van der Waals surface area contributed by atoms with E-state index < -0.39 is 0 Å². The molecule has 1 aromatic carbocycles. The first-order chi connectivity index (χ1) is 6.36. The van der Waals surface area contributed by atoms with Gasteiger partial charge in [-0.1, -0.05) is 12.1 Å².